The van der Waals surface area contributed by atoms with E-state index in [2.05, 4.69) is 10.2 Å². The van der Waals surface area contributed by atoms with Crippen LogP contribution in [0.1, 0.15) is 11.4 Å². The molecule has 3 aromatic rings. The van der Waals surface area contributed by atoms with E-state index in [9.17, 15) is 0 Å². The molecule has 0 radical (unpaired) electrons. The Labute approximate surface area is 117 Å². The van der Waals surface area contributed by atoms with E-state index in [1.54, 1.807) is 13.4 Å². The minimum Gasteiger partial charge on any atom is -0.496 e. The maximum absolute atomic E-state index is 5.38. The van der Waals surface area contributed by atoms with Crippen LogP contribution in [0.5, 0.6) is 5.75 Å². The fourth-order valence-electron chi connectivity index (χ4n) is 2.20. The highest BCUT2D eigenvalue weighted by atomic mass is 16.5. The van der Waals surface area contributed by atoms with Crippen LogP contribution >= 0.6 is 0 Å². The van der Waals surface area contributed by atoms with Crippen molar-refractivity contribution in [3.05, 3.63) is 72.3 Å². The minimum atomic E-state index is 0.679. The summed E-state index contributed by atoms with van der Waals surface area (Å²) in [7, 11) is 1.68. The number of rotatable bonds is 4. The lowest BCUT2D eigenvalue weighted by Crippen LogP contribution is -2.02. The standard InChI is InChI=1S/C16H15N3O/c1-20-15-10-6-5-7-13(15)11-16-18-17-12-19(16)14-8-3-2-4-9-14/h2-10,12H,11H2,1H3. The van der Waals surface area contributed by atoms with Crippen molar-refractivity contribution in [2.45, 2.75) is 6.42 Å². The molecule has 0 atom stereocenters. The van der Waals surface area contributed by atoms with Crippen molar-refractivity contribution in [3.63, 3.8) is 0 Å². The Hall–Kier alpha value is -2.62. The maximum Gasteiger partial charge on any atom is 0.141 e. The number of hydrogen-bond acceptors (Lipinski definition) is 3. The molecule has 3 rings (SSSR count). The summed E-state index contributed by atoms with van der Waals surface area (Å²) in [6, 6.07) is 18.0. The van der Waals surface area contributed by atoms with Gasteiger partial charge in [-0.3, -0.25) is 4.57 Å². The van der Waals surface area contributed by atoms with E-state index >= 15 is 0 Å². The minimum absolute atomic E-state index is 0.679. The van der Waals surface area contributed by atoms with Gasteiger partial charge < -0.3 is 4.74 Å². The Kier molecular flexibility index (Phi) is 3.46. The lowest BCUT2D eigenvalue weighted by Gasteiger charge is -2.09. The molecule has 0 aliphatic carbocycles. The average Bonchev–Trinajstić information content (AvgIpc) is 2.97. The lowest BCUT2D eigenvalue weighted by atomic mass is 10.1. The first kappa shape index (κ1) is 12.4. The van der Waals surface area contributed by atoms with Crippen molar-refractivity contribution in [2.75, 3.05) is 7.11 Å². The van der Waals surface area contributed by atoms with Crippen LogP contribution in [0.25, 0.3) is 5.69 Å². The molecule has 0 N–H and O–H groups in total. The monoisotopic (exact) mass is 265 g/mol. The zero-order chi connectivity index (χ0) is 13.8. The molecule has 20 heavy (non-hydrogen) atoms. The molecule has 4 nitrogen and oxygen atoms in total. The molecule has 100 valence electrons. The summed E-state index contributed by atoms with van der Waals surface area (Å²) in [6.45, 7) is 0. The number of ether oxygens (including phenoxy) is 1. The Morgan fingerprint density at radius 2 is 1.75 bits per heavy atom. The highest BCUT2D eigenvalue weighted by Gasteiger charge is 2.10. The van der Waals surface area contributed by atoms with Gasteiger partial charge >= 0.3 is 0 Å². The molecule has 0 aliphatic heterocycles. The molecule has 0 saturated carbocycles. The van der Waals surface area contributed by atoms with Gasteiger partial charge in [-0.2, -0.15) is 0 Å². The summed E-state index contributed by atoms with van der Waals surface area (Å²) < 4.78 is 7.37. The van der Waals surface area contributed by atoms with Crippen LogP contribution < -0.4 is 4.74 Å². The fraction of sp³-hybridized carbons (Fsp3) is 0.125. The number of benzene rings is 2. The first-order valence-corrected chi connectivity index (χ1v) is 6.44. The highest BCUT2D eigenvalue weighted by molar-refractivity contribution is 5.37. The van der Waals surface area contributed by atoms with Gasteiger partial charge in [0.1, 0.15) is 17.9 Å². The van der Waals surface area contributed by atoms with E-state index in [0.717, 1.165) is 22.8 Å². The molecule has 0 bridgehead atoms. The normalized spacial score (nSPS) is 10.4. The van der Waals surface area contributed by atoms with Gasteiger partial charge in [-0.25, -0.2) is 0 Å². The van der Waals surface area contributed by atoms with Gasteiger partial charge in [0.15, 0.2) is 0 Å². The molecule has 0 saturated heterocycles. The maximum atomic E-state index is 5.38. The predicted molar refractivity (Wildman–Crippen MR) is 77.2 cm³/mol. The third-order valence-electron chi connectivity index (χ3n) is 3.19. The molecule has 0 aliphatic rings. The summed E-state index contributed by atoms with van der Waals surface area (Å²) in [6.07, 6.45) is 2.42. The number of methoxy groups -OCH3 is 1. The van der Waals surface area contributed by atoms with E-state index in [0.29, 0.717) is 6.42 Å². The van der Waals surface area contributed by atoms with Crippen LogP contribution in [-0.4, -0.2) is 21.9 Å². The third-order valence-corrected chi connectivity index (χ3v) is 3.19. The van der Waals surface area contributed by atoms with Gasteiger partial charge in [0, 0.05) is 17.7 Å². The van der Waals surface area contributed by atoms with E-state index < -0.39 is 0 Å². The van der Waals surface area contributed by atoms with Crippen molar-refractivity contribution in [2.24, 2.45) is 0 Å². The van der Waals surface area contributed by atoms with Gasteiger partial charge in [0.25, 0.3) is 0 Å². The Morgan fingerprint density at radius 3 is 2.55 bits per heavy atom. The first-order valence-electron chi connectivity index (χ1n) is 6.44. The summed E-state index contributed by atoms with van der Waals surface area (Å²) in [5, 5.41) is 8.24. The molecule has 1 aromatic heterocycles. The topological polar surface area (TPSA) is 39.9 Å². The van der Waals surface area contributed by atoms with E-state index in [1.807, 2.05) is 59.2 Å². The SMILES string of the molecule is COc1ccccc1Cc1nncn1-c1ccccc1. The second-order valence-electron chi connectivity index (χ2n) is 4.44. The largest absolute Gasteiger partial charge is 0.496 e. The number of hydrogen-bond donors (Lipinski definition) is 0. The summed E-state index contributed by atoms with van der Waals surface area (Å²) in [5.74, 6) is 1.76. The van der Waals surface area contributed by atoms with E-state index in [1.165, 1.54) is 0 Å². The van der Waals surface area contributed by atoms with Crippen LogP contribution in [0.4, 0.5) is 0 Å². The molecule has 0 unspecified atom stereocenters. The smallest absolute Gasteiger partial charge is 0.141 e. The van der Waals surface area contributed by atoms with Crippen molar-refractivity contribution in [1.29, 1.82) is 0 Å². The molecule has 1 heterocycles. The summed E-state index contributed by atoms with van der Waals surface area (Å²) in [5.41, 5.74) is 2.16. The number of nitrogens with zero attached hydrogens (tertiary/aromatic N) is 3. The number of aromatic nitrogens is 3. The van der Waals surface area contributed by atoms with E-state index in [4.69, 9.17) is 4.74 Å². The van der Waals surface area contributed by atoms with Crippen LogP contribution in [0.3, 0.4) is 0 Å². The first-order chi connectivity index (χ1) is 9.88. The second-order valence-corrected chi connectivity index (χ2v) is 4.44. The van der Waals surface area contributed by atoms with Crippen molar-refractivity contribution < 1.29 is 4.74 Å². The Morgan fingerprint density at radius 1 is 1.00 bits per heavy atom. The predicted octanol–water partition coefficient (Wildman–Crippen LogP) is 2.87. The zero-order valence-corrected chi connectivity index (χ0v) is 11.2. The molecule has 2 aromatic carbocycles. The van der Waals surface area contributed by atoms with Crippen molar-refractivity contribution >= 4 is 0 Å². The molecular formula is C16H15N3O. The molecule has 0 spiro atoms. The quantitative estimate of drug-likeness (QED) is 0.728. The molecular weight excluding hydrogens is 250 g/mol. The van der Waals surface area contributed by atoms with Crippen LogP contribution in [-0.2, 0) is 6.42 Å². The Bertz CT molecular complexity index is 692. The van der Waals surface area contributed by atoms with Crippen LogP contribution in [0, 0.1) is 0 Å². The highest BCUT2D eigenvalue weighted by Crippen LogP contribution is 2.21. The average molecular weight is 265 g/mol. The summed E-state index contributed by atoms with van der Waals surface area (Å²) >= 11 is 0. The van der Waals surface area contributed by atoms with Crippen LogP contribution in [0.2, 0.25) is 0 Å². The van der Waals surface area contributed by atoms with Crippen molar-refractivity contribution in [1.82, 2.24) is 14.8 Å². The molecule has 0 fully saturated rings. The van der Waals surface area contributed by atoms with E-state index in [-0.39, 0.29) is 0 Å². The second kappa shape index (κ2) is 5.57. The van der Waals surface area contributed by atoms with Gasteiger partial charge in [-0.1, -0.05) is 36.4 Å². The lowest BCUT2D eigenvalue weighted by molar-refractivity contribution is 0.410. The van der Waals surface area contributed by atoms with Crippen LogP contribution in [0.15, 0.2) is 60.9 Å². The van der Waals surface area contributed by atoms with Gasteiger partial charge in [-0.05, 0) is 18.2 Å². The molecule has 4 heteroatoms. The van der Waals surface area contributed by atoms with Gasteiger partial charge in [0.2, 0.25) is 0 Å². The van der Waals surface area contributed by atoms with Gasteiger partial charge in [0.05, 0.1) is 7.11 Å². The third kappa shape index (κ3) is 2.40. The fourth-order valence-corrected chi connectivity index (χ4v) is 2.20. The Balaban J connectivity index is 1.95. The summed E-state index contributed by atoms with van der Waals surface area (Å²) in [4.78, 5) is 0. The van der Waals surface area contributed by atoms with Crippen molar-refractivity contribution in [3.8, 4) is 11.4 Å². The zero-order valence-electron chi connectivity index (χ0n) is 11.2. The number of para-hydroxylation sites is 2. The van der Waals surface area contributed by atoms with Gasteiger partial charge in [-0.15, -0.1) is 10.2 Å². The molecule has 0 amide bonds.